The van der Waals surface area contributed by atoms with Gasteiger partial charge in [0.15, 0.2) is 0 Å². The Hall–Kier alpha value is -1.63. The van der Waals surface area contributed by atoms with Crippen molar-refractivity contribution in [3.8, 4) is 0 Å². The van der Waals surface area contributed by atoms with Gasteiger partial charge in [-0.1, -0.05) is 19.8 Å². The molecular weight excluding hydrogens is 308 g/mol. The molecule has 2 aliphatic heterocycles. The summed E-state index contributed by atoms with van der Waals surface area (Å²) in [6, 6.07) is -0.285. The van der Waals surface area contributed by atoms with E-state index in [0.29, 0.717) is 25.3 Å². The molecule has 2 atom stereocenters. The van der Waals surface area contributed by atoms with Crippen molar-refractivity contribution in [3.63, 3.8) is 0 Å². The topological polar surface area (TPSA) is 95.7 Å². The van der Waals surface area contributed by atoms with Crippen LogP contribution in [-0.2, 0) is 9.59 Å². The van der Waals surface area contributed by atoms with Crippen molar-refractivity contribution in [1.82, 2.24) is 15.1 Å². The molecule has 1 aliphatic carbocycles. The average Bonchev–Trinajstić information content (AvgIpc) is 3.12. The number of carbonyl (C=O) groups excluding carboxylic acids is 3. The first kappa shape index (κ1) is 17.2. The largest absolute Gasteiger partial charge is 0.338 e. The van der Waals surface area contributed by atoms with Gasteiger partial charge >= 0.3 is 6.03 Å². The SMILES string of the molecule is C[C@H]1CCCN(C(=O)CCN2C(=O)NC3(CCCC3)C2=O)[C@@H]1CN. The lowest BCUT2D eigenvalue weighted by Gasteiger charge is -2.39. The van der Waals surface area contributed by atoms with Crippen LogP contribution in [0.1, 0.15) is 51.9 Å². The molecule has 3 aliphatic rings. The highest BCUT2D eigenvalue weighted by molar-refractivity contribution is 6.07. The maximum Gasteiger partial charge on any atom is 0.325 e. The van der Waals surface area contributed by atoms with Crippen molar-refractivity contribution >= 4 is 17.8 Å². The summed E-state index contributed by atoms with van der Waals surface area (Å²) in [4.78, 5) is 40.4. The van der Waals surface area contributed by atoms with Gasteiger partial charge in [-0.15, -0.1) is 0 Å². The smallest absolute Gasteiger partial charge is 0.325 e. The summed E-state index contributed by atoms with van der Waals surface area (Å²) in [6.07, 6.45) is 5.59. The predicted molar refractivity (Wildman–Crippen MR) is 89.0 cm³/mol. The van der Waals surface area contributed by atoms with Gasteiger partial charge < -0.3 is 16.0 Å². The average molecular weight is 336 g/mol. The third kappa shape index (κ3) is 2.90. The maximum absolute atomic E-state index is 12.6. The van der Waals surface area contributed by atoms with Gasteiger partial charge in [0.25, 0.3) is 5.91 Å². The fraction of sp³-hybridized carbons (Fsp3) is 0.824. The van der Waals surface area contributed by atoms with E-state index in [4.69, 9.17) is 5.73 Å². The molecule has 134 valence electrons. The van der Waals surface area contributed by atoms with Crippen LogP contribution < -0.4 is 11.1 Å². The summed E-state index contributed by atoms with van der Waals surface area (Å²) in [5.74, 6) is 0.233. The summed E-state index contributed by atoms with van der Waals surface area (Å²) in [5, 5.41) is 2.85. The van der Waals surface area contributed by atoms with Gasteiger partial charge in [-0.3, -0.25) is 14.5 Å². The lowest BCUT2D eigenvalue weighted by molar-refractivity contribution is -0.137. The molecule has 0 radical (unpaired) electrons. The molecule has 0 aromatic rings. The Morgan fingerprint density at radius 1 is 1.29 bits per heavy atom. The van der Waals surface area contributed by atoms with Crippen molar-refractivity contribution in [2.24, 2.45) is 11.7 Å². The van der Waals surface area contributed by atoms with Crippen LogP contribution in [0.5, 0.6) is 0 Å². The van der Waals surface area contributed by atoms with Crippen molar-refractivity contribution < 1.29 is 14.4 Å². The standard InChI is InChI=1S/C17H28N4O3/c1-12-5-4-9-20(13(12)11-18)14(22)6-10-21-15(23)17(19-16(21)24)7-2-3-8-17/h12-13H,2-11,18H2,1H3,(H,19,24)/t12-,13+/m0/s1. The van der Waals surface area contributed by atoms with Crippen LogP contribution in [0, 0.1) is 5.92 Å². The van der Waals surface area contributed by atoms with E-state index in [1.807, 2.05) is 4.90 Å². The van der Waals surface area contributed by atoms with Gasteiger partial charge in [-0.25, -0.2) is 4.79 Å². The molecule has 2 saturated heterocycles. The Morgan fingerprint density at radius 3 is 2.67 bits per heavy atom. The first-order valence-electron chi connectivity index (χ1n) is 9.12. The van der Waals surface area contributed by atoms with Crippen LogP contribution >= 0.6 is 0 Å². The maximum atomic E-state index is 12.6. The molecule has 3 N–H and O–H groups in total. The molecule has 1 saturated carbocycles. The molecule has 7 nitrogen and oxygen atoms in total. The summed E-state index contributed by atoms with van der Waals surface area (Å²) in [7, 11) is 0. The van der Waals surface area contributed by atoms with Crippen LogP contribution in [0.2, 0.25) is 0 Å². The van der Waals surface area contributed by atoms with Crippen LogP contribution in [0.4, 0.5) is 4.79 Å². The first-order valence-corrected chi connectivity index (χ1v) is 9.12. The molecule has 24 heavy (non-hydrogen) atoms. The molecule has 0 bridgehead atoms. The van der Waals surface area contributed by atoms with Gasteiger partial charge in [0.2, 0.25) is 5.91 Å². The molecule has 1 spiro atoms. The number of hydrogen-bond donors (Lipinski definition) is 2. The zero-order valence-corrected chi connectivity index (χ0v) is 14.4. The predicted octanol–water partition coefficient (Wildman–Crippen LogP) is 0.827. The van der Waals surface area contributed by atoms with Crippen molar-refractivity contribution in [2.45, 2.75) is 63.5 Å². The minimum absolute atomic E-state index is 0.00929. The molecule has 3 rings (SSSR count). The quantitative estimate of drug-likeness (QED) is 0.743. The van der Waals surface area contributed by atoms with E-state index in [-0.39, 0.29) is 36.9 Å². The van der Waals surface area contributed by atoms with E-state index in [1.54, 1.807) is 0 Å². The number of hydrogen-bond acceptors (Lipinski definition) is 4. The molecule has 4 amide bonds. The lowest BCUT2D eigenvalue weighted by Crippen LogP contribution is -2.52. The second-order valence-corrected chi connectivity index (χ2v) is 7.44. The number of amides is 4. The van der Waals surface area contributed by atoms with Crippen molar-refractivity contribution in [2.75, 3.05) is 19.6 Å². The first-order chi connectivity index (χ1) is 11.5. The highest BCUT2D eigenvalue weighted by Gasteiger charge is 2.52. The Morgan fingerprint density at radius 2 is 2.00 bits per heavy atom. The Bertz CT molecular complexity index is 530. The molecular formula is C17H28N4O3. The molecule has 2 heterocycles. The third-order valence-electron chi connectivity index (χ3n) is 5.93. The normalized spacial score (nSPS) is 29.4. The second-order valence-electron chi connectivity index (χ2n) is 7.44. The fourth-order valence-corrected chi connectivity index (χ4v) is 4.47. The van der Waals surface area contributed by atoms with Crippen molar-refractivity contribution in [1.29, 1.82) is 0 Å². The number of nitrogens with zero attached hydrogens (tertiary/aromatic N) is 2. The third-order valence-corrected chi connectivity index (χ3v) is 5.93. The summed E-state index contributed by atoms with van der Waals surface area (Å²) in [6.45, 7) is 3.46. The number of nitrogens with two attached hydrogens (primary N) is 1. The zero-order valence-electron chi connectivity index (χ0n) is 14.4. The Kier molecular flexibility index (Phi) is 4.80. The molecule has 0 aromatic heterocycles. The monoisotopic (exact) mass is 336 g/mol. The number of urea groups is 1. The summed E-state index contributed by atoms with van der Waals surface area (Å²) >= 11 is 0. The van der Waals surface area contributed by atoms with Gasteiger partial charge in [0.1, 0.15) is 5.54 Å². The highest BCUT2D eigenvalue weighted by Crippen LogP contribution is 2.35. The van der Waals surface area contributed by atoms with Gasteiger partial charge in [-0.2, -0.15) is 0 Å². The van der Waals surface area contributed by atoms with Gasteiger partial charge in [-0.05, 0) is 31.6 Å². The lowest BCUT2D eigenvalue weighted by atomic mass is 9.90. The second kappa shape index (κ2) is 6.70. The minimum Gasteiger partial charge on any atom is -0.338 e. The van der Waals surface area contributed by atoms with Gasteiger partial charge in [0, 0.05) is 32.1 Å². The highest BCUT2D eigenvalue weighted by atomic mass is 16.2. The fourth-order valence-electron chi connectivity index (χ4n) is 4.47. The molecule has 7 heteroatoms. The summed E-state index contributed by atoms with van der Waals surface area (Å²) in [5.41, 5.74) is 5.15. The zero-order chi connectivity index (χ0) is 17.3. The van der Waals surface area contributed by atoms with E-state index in [2.05, 4.69) is 12.2 Å². The number of imide groups is 1. The van der Waals surface area contributed by atoms with Crippen LogP contribution in [0.15, 0.2) is 0 Å². The molecule has 3 fully saturated rings. The van der Waals surface area contributed by atoms with E-state index in [9.17, 15) is 14.4 Å². The van der Waals surface area contributed by atoms with Crippen LogP contribution in [-0.4, -0.2) is 58.9 Å². The number of nitrogens with one attached hydrogen (secondary N) is 1. The Labute approximate surface area is 142 Å². The van der Waals surface area contributed by atoms with Crippen LogP contribution in [0.3, 0.4) is 0 Å². The van der Waals surface area contributed by atoms with Crippen molar-refractivity contribution in [3.05, 3.63) is 0 Å². The Balaban J connectivity index is 1.60. The molecule has 0 aromatic carbocycles. The van der Waals surface area contributed by atoms with E-state index < -0.39 is 5.54 Å². The van der Waals surface area contributed by atoms with E-state index >= 15 is 0 Å². The number of rotatable bonds is 4. The summed E-state index contributed by atoms with van der Waals surface area (Å²) < 4.78 is 0. The van der Waals surface area contributed by atoms with E-state index in [0.717, 1.165) is 32.2 Å². The molecule has 0 unspecified atom stereocenters. The number of piperidine rings is 1. The number of carbonyl (C=O) groups is 3. The van der Waals surface area contributed by atoms with Crippen LogP contribution in [0.25, 0.3) is 0 Å². The minimum atomic E-state index is -0.695. The van der Waals surface area contributed by atoms with E-state index in [1.165, 1.54) is 4.90 Å². The number of likely N-dealkylation sites (tertiary alicyclic amines) is 1. The van der Waals surface area contributed by atoms with Gasteiger partial charge in [0.05, 0.1) is 0 Å².